The van der Waals surface area contributed by atoms with E-state index in [1.807, 2.05) is 0 Å². The van der Waals surface area contributed by atoms with Gasteiger partial charge >= 0.3 is 0 Å². The van der Waals surface area contributed by atoms with Crippen LogP contribution in [0, 0.1) is 5.92 Å². The van der Waals surface area contributed by atoms with Crippen LogP contribution in [0.1, 0.15) is 44.8 Å². The van der Waals surface area contributed by atoms with E-state index in [-0.39, 0.29) is 6.10 Å². The second-order valence-corrected chi connectivity index (χ2v) is 5.64. The Morgan fingerprint density at radius 2 is 2.24 bits per heavy atom. The van der Waals surface area contributed by atoms with E-state index in [2.05, 4.69) is 51.5 Å². The van der Waals surface area contributed by atoms with Gasteiger partial charge in [0.25, 0.3) is 0 Å². The first-order valence-corrected chi connectivity index (χ1v) is 7.35. The smallest absolute Gasteiger partial charge is 0.143 e. The summed E-state index contributed by atoms with van der Waals surface area (Å²) in [5.41, 5.74) is 0. The third-order valence-electron chi connectivity index (χ3n) is 3.23. The fourth-order valence-corrected chi connectivity index (χ4v) is 2.77. The average molecular weight is 302 g/mol. The molecule has 0 radical (unpaired) electrons. The first-order chi connectivity index (χ1) is 8.13. The average Bonchev–Trinajstić information content (AvgIpc) is 2.84. The zero-order valence-electron chi connectivity index (χ0n) is 10.7. The predicted octanol–water partition coefficient (Wildman–Crippen LogP) is 2.72. The Kier molecular flexibility index (Phi) is 4.20. The first-order valence-electron chi connectivity index (χ1n) is 6.23. The molecule has 96 valence electrons. The van der Waals surface area contributed by atoms with Crippen molar-refractivity contribution in [2.45, 2.75) is 51.1 Å². The summed E-state index contributed by atoms with van der Waals surface area (Å²) < 4.78 is 7.89. The van der Waals surface area contributed by atoms with E-state index in [0.717, 1.165) is 36.6 Å². The summed E-state index contributed by atoms with van der Waals surface area (Å²) in [6.07, 6.45) is 1.31. The van der Waals surface area contributed by atoms with Gasteiger partial charge in [0.2, 0.25) is 0 Å². The van der Waals surface area contributed by atoms with Crippen LogP contribution >= 0.6 is 15.9 Å². The molecule has 0 aromatic carbocycles. The Morgan fingerprint density at radius 1 is 1.47 bits per heavy atom. The number of nitrogens with zero attached hydrogens (tertiary/aromatic N) is 3. The Bertz CT molecular complexity index is 378. The van der Waals surface area contributed by atoms with E-state index in [1.165, 1.54) is 0 Å². The van der Waals surface area contributed by atoms with Crippen LogP contribution in [-0.4, -0.2) is 27.5 Å². The van der Waals surface area contributed by atoms with Crippen molar-refractivity contribution in [3.8, 4) is 0 Å². The lowest BCUT2D eigenvalue weighted by Gasteiger charge is -2.17. The van der Waals surface area contributed by atoms with Gasteiger partial charge in [0.1, 0.15) is 11.6 Å². The molecule has 0 amide bonds. The maximum Gasteiger partial charge on any atom is 0.143 e. The van der Waals surface area contributed by atoms with Crippen LogP contribution in [-0.2, 0) is 16.6 Å². The van der Waals surface area contributed by atoms with Crippen molar-refractivity contribution < 1.29 is 4.74 Å². The highest BCUT2D eigenvalue weighted by Crippen LogP contribution is 2.30. The topological polar surface area (TPSA) is 39.9 Å². The lowest BCUT2D eigenvalue weighted by molar-refractivity contribution is 0.116. The Hall–Kier alpha value is -0.420. The second-order valence-electron chi connectivity index (χ2n) is 5.08. The van der Waals surface area contributed by atoms with Gasteiger partial charge in [0.05, 0.1) is 11.4 Å². The fraction of sp³-hybridized carbons (Fsp3) is 0.833. The molecule has 0 N–H and O–H groups in total. The number of hydrogen-bond donors (Lipinski definition) is 0. The van der Waals surface area contributed by atoms with Crippen LogP contribution in [0.3, 0.4) is 0 Å². The summed E-state index contributed by atoms with van der Waals surface area (Å²) in [6, 6.07) is 0. The molecule has 5 heteroatoms. The maximum atomic E-state index is 5.63. The number of ether oxygens (including phenoxy) is 1. The zero-order valence-corrected chi connectivity index (χ0v) is 12.3. The van der Waals surface area contributed by atoms with Gasteiger partial charge in [-0.3, -0.25) is 0 Å². The van der Waals surface area contributed by atoms with Crippen molar-refractivity contribution in [3.05, 3.63) is 11.6 Å². The summed E-state index contributed by atoms with van der Waals surface area (Å²) in [6.45, 7) is 8.38. The monoisotopic (exact) mass is 301 g/mol. The molecular weight excluding hydrogens is 282 g/mol. The summed E-state index contributed by atoms with van der Waals surface area (Å²) in [4.78, 5) is 0. The van der Waals surface area contributed by atoms with Gasteiger partial charge in [-0.1, -0.05) is 29.8 Å². The largest absolute Gasteiger partial charge is 0.378 e. The molecule has 2 unspecified atom stereocenters. The van der Waals surface area contributed by atoms with Gasteiger partial charge in [-0.15, -0.1) is 10.2 Å². The van der Waals surface area contributed by atoms with Crippen molar-refractivity contribution in [2.24, 2.45) is 5.92 Å². The van der Waals surface area contributed by atoms with Gasteiger partial charge in [-0.05, 0) is 19.3 Å². The van der Waals surface area contributed by atoms with E-state index in [1.54, 1.807) is 0 Å². The lowest BCUT2D eigenvalue weighted by atomic mass is 10.0. The highest BCUT2D eigenvalue weighted by Gasteiger charge is 2.31. The third kappa shape index (κ3) is 2.71. The quantitative estimate of drug-likeness (QED) is 0.803. The van der Waals surface area contributed by atoms with Gasteiger partial charge in [0.15, 0.2) is 0 Å². The first kappa shape index (κ1) is 13.0. The standard InChI is InChI=1S/C12H20BrN3O/c1-8(2)7-16-11(6-13)14-15-12(16)10-4-5-17-9(10)3/h8-10H,4-7H2,1-3H3. The minimum Gasteiger partial charge on any atom is -0.378 e. The van der Waals surface area contributed by atoms with Crippen LogP contribution in [0.25, 0.3) is 0 Å². The van der Waals surface area contributed by atoms with Crippen LogP contribution in [0.4, 0.5) is 0 Å². The van der Waals surface area contributed by atoms with Gasteiger partial charge in [-0.25, -0.2) is 0 Å². The Labute approximate surface area is 111 Å². The van der Waals surface area contributed by atoms with Crippen molar-refractivity contribution in [3.63, 3.8) is 0 Å². The summed E-state index contributed by atoms with van der Waals surface area (Å²) in [5, 5.41) is 9.41. The predicted molar refractivity (Wildman–Crippen MR) is 70.3 cm³/mol. The van der Waals surface area contributed by atoms with Crippen molar-refractivity contribution >= 4 is 15.9 Å². The molecule has 0 bridgehead atoms. The molecule has 1 aromatic rings. The molecule has 0 aliphatic carbocycles. The molecule has 1 aromatic heterocycles. The van der Waals surface area contributed by atoms with Crippen molar-refractivity contribution in [1.29, 1.82) is 0 Å². The van der Waals surface area contributed by atoms with E-state index in [4.69, 9.17) is 4.74 Å². The molecule has 0 spiro atoms. The zero-order chi connectivity index (χ0) is 12.4. The molecule has 2 atom stereocenters. The number of hydrogen-bond acceptors (Lipinski definition) is 3. The van der Waals surface area contributed by atoms with Crippen molar-refractivity contribution in [1.82, 2.24) is 14.8 Å². The molecule has 4 nitrogen and oxygen atoms in total. The molecule has 1 aliphatic heterocycles. The molecule has 0 saturated carbocycles. The highest BCUT2D eigenvalue weighted by atomic mass is 79.9. The Balaban J connectivity index is 2.29. The lowest BCUT2D eigenvalue weighted by Crippen LogP contribution is -2.18. The van der Waals surface area contributed by atoms with E-state index in [9.17, 15) is 0 Å². The molecular formula is C12H20BrN3O. The van der Waals surface area contributed by atoms with E-state index in [0.29, 0.717) is 11.8 Å². The molecule has 2 rings (SSSR count). The molecule has 17 heavy (non-hydrogen) atoms. The summed E-state index contributed by atoms with van der Waals surface area (Å²) >= 11 is 3.48. The third-order valence-corrected chi connectivity index (χ3v) is 3.73. The number of aromatic nitrogens is 3. The molecule has 1 fully saturated rings. The number of halogens is 1. The SMILES string of the molecule is CC(C)Cn1c(CBr)nnc1C1CCOC1C. The summed E-state index contributed by atoms with van der Waals surface area (Å²) in [5.74, 6) is 3.11. The van der Waals surface area contributed by atoms with Gasteiger partial charge in [0, 0.05) is 19.1 Å². The van der Waals surface area contributed by atoms with Gasteiger partial charge in [-0.2, -0.15) is 0 Å². The minimum absolute atomic E-state index is 0.258. The summed E-state index contributed by atoms with van der Waals surface area (Å²) in [7, 11) is 0. The van der Waals surface area contributed by atoms with Crippen molar-refractivity contribution in [2.75, 3.05) is 6.61 Å². The molecule has 1 saturated heterocycles. The van der Waals surface area contributed by atoms with Gasteiger partial charge < -0.3 is 9.30 Å². The minimum atomic E-state index is 0.258. The number of rotatable bonds is 4. The molecule has 2 heterocycles. The maximum absolute atomic E-state index is 5.63. The number of alkyl halides is 1. The second kappa shape index (κ2) is 5.48. The van der Waals surface area contributed by atoms with E-state index >= 15 is 0 Å². The van der Waals surface area contributed by atoms with Crippen LogP contribution in [0.15, 0.2) is 0 Å². The van der Waals surface area contributed by atoms with Crippen LogP contribution in [0.2, 0.25) is 0 Å². The van der Waals surface area contributed by atoms with Crippen LogP contribution < -0.4 is 0 Å². The normalized spacial score (nSPS) is 24.8. The van der Waals surface area contributed by atoms with Crippen LogP contribution in [0.5, 0.6) is 0 Å². The fourth-order valence-electron chi connectivity index (χ4n) is 2.36. The Morgan fingerprint density at radius 3 is 2.76 bits per heavy atom. The van der Waals surface area contributed by atoms with E-state index < -0.39 is 0 Å². The highest BCUT2D eigenvalue weighted by molar-refractivity contribution is 9.08. The molecule has 1 aliphatic rings.